The van der Waals surface area contributed by atoms with E-state index >= 15 is 22.0 Å². The maximum atomic E-state index is 17.5. The number of rotatable bonds is 11. The monoisotopic (exact) mass is 1210 g/mol. The highest BCUT2D eigenvalue weighted by Gasteiger charge is 2.32. The molecule has 0 fully saturated rings. The Balaban J connectivity index is 1.03. The number of nitrogens with zero attached hydrogens (tertiary/aromatic N) is 7. The number of hydrogen-bond acceptors (Lipinski definition) is 5. The van der Waals surface area contributed by atoms with E-state index in [-0.39, 0.29) is 16.9 Å². The van der Waals surface area contributed by atoms with E-state index < -0.39 is 40.2 Å². The molecule has 0 saturated carbocycles. The molecule has 6 heterocycles. The highest BCUT2D eigenvalue weighted by Crippen LogP contribution is 2.47. The molecule has 16 aromatic rings. The van der Waals surface area contributed by atoms with Gasteiger partial charge in [-0.2, -0.15) is 5.26 Å². The zero-order valence-corrected chi connectivity index (χ0v) is 49.1. The largest absolute Gasteiger partial charge is 0.309 e. The van der Waals surface area contributed by atoms with E-state index in [0.29, 0.717) is 66.7 Å². The maximum absolute atomic E-state index is 17.5. The summed E-state index contributed by atoms with van der Waals surface area (Å²) in [5.74, 6) is -10.7. The zero-order valence-electron chi connectivity index (χ0n) is 49.1. The fourth-order valence-electron chi connectivity index (χ4n) is 13.2. The first-order valence-corrected chi connectivity index (χ1v) is 30.0. The van der Waals surface area contributed by atoms with E-state index in [1.165, 1.54) is 12.1 Å². The number of pyridine rings is 4. The lowest BCUT2D eigenvalue weighted by molar-refractivity contribution is 0.381. The van der Waals surface area contributed by atoms with E-state index in [1.54, 1.807) is 29.4 Å². The Morgan fingerprint density at radius 3 is 0.860 bits per heavy atom. The molecule has 7 nitrogen and oxygen atoms in total. The summed E-state index contributed by atoms with van der Waals surface area (Å²) in [7, 11) is 0. The topological polar surface area (TPSA) is 85.2 Å². The minimum Gasteiger partial charge on any atom is -0.309 e. The first kappa shape index (κ1) is 55.8. The molecule has 10 aromatic carbocycles. The van der Waals surface area contributed by atoms with Crippen molar-refractivity contribution in [1.29, 1.82) is 5.26 Å². The molecule has 440 valence electrons. The Hall–Kier alpha value is -12.5. The van der Waals surface area contributed by atoms with Gasteiger partial charge in [-0.3, -0.25) is 19.9 Å². The van der Waals surface area contributed by atoms with Gasteiger partial charge < -0.3 is 9.13 Å². The number of aromatic nitrogens is 6. The lowest BCUT2D eigenvalue weighted by atomic mass is 9.96. The molecule has 0 aliphatic heterocycles. The lowest BCUT2D eigenvalue weighted by Gasteiger charge is -2.20. The van der Waals surface area contributed by atoms with E-state index in [9.17, 15) is 5.26 Å². The van der Waals surface area contributed by atoms with Crippen LogP contribution in [0.25, 0.3) is 156 Å². The summed E-state index contributed by atoms with van der Waals surface area (Å²) < 4.78 is 86.8. The molecule has 6 aromatic heterocycles. The molecule has 0 atom stereocenters. The number of fused-ring (bicyclic) bond motifs is 6. The molecule has 12 heteroatoms. The number of hydrogen-bond donors (Lipinski definition) is 0. The average molecular weight is 1210 g/mol. The molecule has 16 rings (SSSR count). The van der Waals surface area contributed by atoms with E-state index in [1.807, 2.05) is 247 Å². The highest BCUT2D eigenvalue weighted by atomic mass is 19.2. The zero-order chi connectivity index (χ0) is 62.8. The van der Waals surface area contributed by atoms with Gasteiger partial charge in [-0.1, -0.05) is 194 Å². The van der Waals surface area contributed by atoms with Crippen LogP contribution < -0.4 is 0 Å². The Morgan fingerprint density at radius 2 is 0.559 bits per heavy atom. The van der Waals surface area contributed by atoms with Crippen LogP contribution in [0.3, 0.4) is 0 Å². The van der Waals surface area contributed by atoms with Crippen LogP contribution >= 0.6 is 0 Å². The van der Waals surface area contributed by atoms with Crippen LogP contribution in [0.2, 0.25) is 0 Å². The number of halogens is 5. The molecule has 0 spiro atoms. The van der Waals surface area contributed by atoms with E-state index in [4.69, 9.17) is 19.9 Å². The van der Waals surface area contributed by atoms with Crippen molar-refractivity contribution in [3.05, 3.63) is 314 Å². The van der Waals surface area contributed by atoms with Gasteiger partial charge in [-0.05, 0) is 82.9 Å². The Morgan fingerprint density at radius 1 is 0.269 bits per heavy atom. The SMILES string of the molecule is N#Cc1cc(-n2c3cc(-c4cccnc4-c4ccccc4)ccc3c3ccc(-c4cccnc4-c4ccccc4)cc32)c(-c2c(F)c(F)c(F)c(F)c2F)cc1-n1c2cc(-c3cccnc3-c3ccccc3)ccc2c2ccc(-c3cccnc3-c3ccccc3)cc21. The molecule has 0 N–H and O–H groups in total. The van der Waals surface area contributed by atoms with Crippen LogP contribution in [0, 0.1) is 40.4 Å². The summed E-state index contributed by atoms with van der Waals surface area (Å²) in [6, 6.07) is 83.2. The summed E-state index contributed by atoms with van der Waals surface area (Å²) >= 11 is 0. The summed E-state index contributed by atoms with van der Waals surface area (Å²) in [5, 5.41) is 14.8. The second kappa shape index (κ2) is 22.8. The molecule has 0 aliphatic rings. The van der Waals surface area contributed by atoms with Gasteiger partial charge in [0.25, 0.3) is 0 Å². The van der Waals surface area contributed by atoms with Crippen molar-refractivity contribution in [3.63, 3.8) is 0 Å². The van der Waals surface area contributed by atoms with Crippen molar-refractivity contribution < 1.29 is 22.0 Å². The summed E-state index contributed by atoms with van der Waals surface area (Å²) in [6.45, 7) is 0. The molecule has 0 radical (unpaired) electrons. The Bertz CT molecular complexity index is 5400. The molecule has 0 amide bonds. The molecule has 0 unspecified atom stereocenters. The highest BCUT2D eigenvalue weighted by molar-refractivity contribution is 6.14. The third-order valence-corrected chi connectivity index (χ3v) is 17.4. The fourth-order valence-corrected chi connectivity index (χ4v) is 13.2. The average Bonchev–Trinajstić information content (AvgIpc) is 1.57. The van der Waals surface area contributed by atoms with Crippen molar-refractivity contribution in [2.45, 2.75) is 0 Å². The van der Waals surface area contributed by atoms with Crippen molar-refractivity contribution in [3.8, 4) is 118 Å². The second-order valence-corrected chi connectivity index (χ2v) is 22.6. The first-order chi connectivity index (χ1) is 45.7. The Kier molecular flexibility index (Phi) is 13.7. The van der Waals surface area contributed by atoms with Crippen LogP contribution in [-0.4, -0.2) is 29.1 Å². The second-order valence-electron chi connectivity index (χ2n) is 22.6. The normalized spacial score (nSPS) is 11.5. The molecule has 93 heavy (non-hydrogen) atoms. The molecular formula is C81H46F5N7. The maximum Gasteiger partial charge on any atom is 0.200 e. The van der Waals surface area contributed by atoms with Crippen LogP contribution in [0.4, 0.5) is 22.0 Å². The predicted molar refractivity (Wildman–Crippen MR) is 360 cm³/mol. The molecule has 0 bridgehead atoms. The van der Waals surface area contributed by atoms with E-state index in [0.717, 1.165) is 66.4 Å². The summed E-state index contributed by atoms with van der Waals surface area (Å²) in [6.07, 6.45) is 6.89. The third kappa shape index (κ3) is 9.40. The summed E-state index contributed by atoms with van der Waals surface area (Å²) in [4.78, 5) is 19.4. The van der Waals surface area contributed by atoms with E-state index in [2.05, 4.69) is 6.07 Å². The van der Waals surface area contributed by atoms with Crippen LogP contribution in [0.1, 0.15) is 5.56 Å². The smallest absolute Gasteiger partial charge is 0.200 e. The van der Waals surface area contributed by atoms with Gasteiger partial charge in [0, 0.05) is 96.4 Å². The Labute approximate surface area is 529 Å². The van der Waals surface area contributed by atoms with Crippen molar-refractivity contribution in [1.82, 2.24) is 29.1 Å². The predicted octanol–water partition coefficient (Wildman–Crippen LogP) is 21.0. The standard InChI is InChI=1S/C81H46F5N7/c82-73-72(74(83)76(85)77(86)75(73)84)65-46-66(92-67-41-52(57-25-13-37-88-78(57)48-17-5-1-6-18-48)29-33-61(67)62-34-30-53(42-68(62)92)58-26-14-38-89-79(58)49-19-7-2-8-20-49)56(47-87)45-71(65)93-69-43-54(59-27-15-39-90-80(59)50-21-9-3-10-22-50)31-35-63(69)64-36-32-55(44-70(64)93)60-28-16-40-91-81(60)51-23-11-4-12-24-51/h1-46H. The molecule has 0 saturated heterocycles. The minimum atomic E-state index is -2.32. The molecule has 0 aliphatic carbocycles. The first-order valence-electron chi connectivity index (χ1n) is 30.0. The fraction of sp³-hybridized carbons (Fsp3) is 0. The van der Waals surface area contributed by atoms with Crippen LogP contribution in [0.5, 0.6) is 0 Å². The minimum absolute atomic E-state index is 0.00416. The van der Waals surface area contributed by atoms with Gasteiger partial charge in [0.2, 0.25) is 5.82 Å². The van der Waals surface area contributed by atoms with Gasteiger partial charge in [0.15, 0.2) is 23.3 Å². The van der Waals surface area contributed by atoms with Gasteiger partial charge in [0.1, 0.15) is 6.07 Å². The van der Waals surface area contributed by atoms with Crippen LogP contribution in [-0.2, 0) is 0 Å². The van der Waals surface area contributed by atoms with Crippen LogP contribution in [0.15, 0.2) is 280 Å². The van der Waals surface area contributed by atoms with Crippen molar-refractivity contribution >= 4 is 43.6 Å². The van der Waals surface area contributed by atoms with Gasteiger partial charge in [0.05, 0.1) is 67.3 Å². The number of benzene rings is 10. The van der Waals surface area contributed by atoms with Crippen molar-refractivity contribution in [2.75, 3.05) is 0 Å². The van der Waals surface area contributed by atoms with Gasteiger partial charge in [-0.15, -0.1) is 0 Å². The summed E-state index contributed by atoms with van der Waals surface area (Å²) in [5.41, 5.74) is 12.8. The quantitative estimate of drug-likeness (QED) is 0.0732. The lowest BCUT2D eigenvalue weighted by Crippen LogP contribution is -2.09. The van der Waals surface area contributed by atoms with Crippen molar-refractivity contribution in [2.24, 2.45) is 0 Å². The molecular weight excluding hydrogens is 1170 g/mol. The third-order valence-electron chi connectivity index (χ3n) is 17.4. The number of nitriles is 1. The van der Waals surface area contributed by atoms with Gasteiger partial charge >= 0.3 is 0 Å². The van der Waals surface area contributed by atoms with Gasteiger partial charge in [-0.25, -0.2) is 22.0 Å².